The Labute approximate surface area is 218 Å². The molecule has 2 N–H and O–H groups in total. The Morgan fingerprint density at radius 1 is 1.24 bits per heavy atom. The summed E-state index contributed by atoms with van der Waals surface area (Å²) in [6.45, 7) is 5.10. The minimum Gasteiger partial charge on any atom is -0.384 e. The molecule has 38 heavy (non-hydrogen) atoms. The molecule has 1 amide bonds. The number of hydrogen-bond acceptors (Lipinski definition) is 6. The molecule has 198 valence electrons. The Morgan fingerprint density at radius 3 is 2.66 bits per heavy atom. The number of carbonyl (C=O) groups excluding carboxylic acids is 2. The third-order valence-corrected chi connectivity index (χ3v) is 8.90. The van der Waals surface area contributed by atoms with Crippen molar-refractivity contribution in [1.29, 1.82) is 0 Å². The monoisotopic (exact) mass is 519 g/mol. The number of amides is 1. The number of likely N-dealkylation sites (N-methyl/N-ethyl adjacent to an activating group) is 1. The maximum absolute atomic E-state index is 15.0. The zero-order chi connectivity index (χ0) is 27.3. The van der Waals surface area contributed by atoms with Gasteiger partial charge in [0.2, 0.25) is 0 Å². The number of benzene rings is 1. The van der Waals surface area contributed by atoms with Gasteiger partial charge < -0.3 is 19.7 Å². The van der Waals surface area contributed by atoms with Crippen molar-refractivity contribution in [2.24, 2.45) is 0 Å². The van der Waals surface area contributed by atoms with Crippen LogP contribution in [0.4, 0.5) is 4.39 Å². The van der Waals surface area contributed by atoms with Gasteiger partial charge in [0.25, 0.3) is 11.5 Å². The molecule has 2 aromatic heterocycles. The standard InChI is InChI=1S/C29H30FN3O5/c1-5-29(38)18-10-22-26-17(12-33(22)28(37)16(18)7-9-23(29)35)25-21(32(4)27(36)14(3)34)8-6-15-13(2)19(30)11-20(31-26)24(15)25/h10-11,14,21,34,38H,5-9,12H2,1-4H3/t14?,21?,29-/m0/s1. The SMILES string of the molecule is CC[C@@]1(O)C(=O)CCc2c1cc1n(c2=O)Cc2c-1nc1cc(F)c(C)c3c1c2C(N(C)C(=O)C(C)O)CC3. The quantitative estimate of drug-likeness (QED) is 0.431. The molecule has 0 saturated carbocycles. The molecule has 2 unspecified atom stereocenters. The molecule has 3 heterocycles. The first-order valence-corrected chi connectivity index (χ1v) is 13.1. The lowest BCUT2D eigenvalue weighted by atomic mass is 9.77. The van der Waals surface area contributed by atoms with Crippen LogP contribution in [0.15, 0.2) is 16.9 Å². The average molecular weight is 520 g/mol. The predicted molar refractivity (Wildman–Crippen MR) is 138 cm³/mol. The second kappa shape index (κ2) is 8.28. The summed E-state index contributed by atoms with van der Waals surface area (Å²) in [5.74, 6) is -1.10. The van der Waals surface area contributed by atoms with Gasteiger partial charge in [0.1, 0.15) is 17.5 Å². The number of aliphatic hydroxyl groups excluding tert-OH is 1. The summed E-state index contributed by atoms with van der Waals surface area (Å²) in [5.41, 5.74) is 3.11. The minimum atomic E-state index is -1.74. The number of halogens is 1. The number of carbonyl (C=O) groups is 2. The van der Waals surface area contributed by atoms with Gasteiger partial charge in [-0.3, -0.25) is 14.4 Å². The van der Waals surface area contributed by atoms with Gasteiger partial charge in [-0.25, -0.2) is 9.37 Å². The van der Waals surface area contributed by atoms with Crippen molar-refractivity contribution in [3.05, 3.63) is 61.7 Å². The first kappa shape index (κ1) is 24.9. The van der Waals surface area contributed by atoms with Gasteiger partial charge in [-0.1, -0.05) is 6.92 Å². The zero-order valence-electron chi connectivity index (χ0n) is 21.9. The van der Waals surface area contributed by atoms with Crippen LogP contribution in [0.3, 0.4) is 0 Å². The molecule has 1 aliphatic heterocycles. The summed E-state index contributed by atoms with van der Waals surface area (Å²) in [6, 6.07) is 2.69. The molecule has 0 radical (unpaired) electrons. The smallest absolute Gasteiger partial charge is 0.254 e. The molecule has 3 atom stereocenters. The summed E-state index contributed by atoms with van der Waals surface area (Å²) < 4.78 is 16.6. The van der Waals surface area contributed by atoms with Crippen LogP contribution in [-0.2, 0) is 34.6 Å². The first-order chi connectivity index (χ1) is 18.0. The highest BCUT2D eigenvalue weighted by atomic mass is 19.1. The molecule has 8 nitrogen and oxygen atoms in total. The summed E-state index contributed by atoms with van der Waals surface area (Å²) in [5, 5.41) is 22.1. The van der Waals surface area contributed by atoms with Crippen molar-refractivity contribution in [3.63, 3.8) is 0 Å². The van der Waals surface area contributed by atoms with Crippen LogP contribution in [0.25, 0.3) is 22.3 Å². The van der Waals surface area contributed by atoms with Crippen LogP contribution in [0.1, 0.15) is 72.5 Å². The van der Waals surface area contributed by atoms with Crippen molar-refractivity contribution < 1.29 is 24.2 Å². The second-order valence-corrected chi connectivity index (χ2v) is 10.8. The molecule has 6 rings (SSSR count). The fourth-order valence-electron chi connectivity index (χ4n) is 6.75. The molecule has 0 bridgehead atoms. The van der Waals surface area contributed by atoms with E-state index in [2.05, 4.69) is 0 Å². The largest absolute Gasteiger partial charge is 0.384 e. The van der Waals surface area contributed by atoms with Crippen molar-refractivity contribution in [2.45, 2.75) is 77.2 Å². The van der Waals surface area contributed by atoms with E-state index in [9.17, 15) is 24.6 Å². The number of ketones is 1. The van der Waals surface area contributed by atoms with Gasteiger partial charge in [-0.15, -0.1) is 0 Å². The third-order valence-electron chi connectivity index (χ3n) is 8.90. The molecule has 3 aromatic rings. The van der Waals surface area contributed by atoms with E-state index in [-0.39, 0.29) is 43.0 Å². The van der Waals surface area contributed by atoms with Crippen molar-refractivity contribution in [1.82, 2.24) is 14.5 Å². The zero-order valence-corrected chi connectivity index (χ0v) is 21.9. The number of hydrogen-bond donors (Lipinski definition) is 2. The maximum Gasteiger partial charge on any atom is 0.254 e. The normalized spacial score (nSPS) is 22.2. The second-order valence-electron chi connectivity index (χ2n) is 10.8. The van der Waals surface area contributed by atoms with E-state index >= 15 is 4.39 Å². The molecule has 2 aliphatic carbocycles. The van der Waals surface area contributed by atoms with Crippen LogP contribution in [0.2, 0.25) is 0 Å². The highest BCUT2D eigenvalue weighted by Gasteiger charge is 2.44. The van der Waals surface area contributed by atoms with Crippen molar-refractivity contribution in [2.75, 3.05) is 7.05 Å². The van der Waals surface area contributed by atoms with E-state index in [1.807, 2.05) is 0 Å². The topological polar surface area (TPSA) is 113 Å². The Hall–Kier alpha value is -3.43. The Kier molecular flexibility index (Phi) is 5.42. The fraction of sp³-hybridized carbons (Fsp3) is 0.448. The van der Waals surface area contributed by atoms with E-state index in [0.717, 1.165) is 22.1 Å². The van der Waals surface area contributed by atoms with E-state index < -0.39 is 23.7 Å². The predicted octanol–water partition coefficient (Wildman–Crippen LogP) is 2.81. The van der Waals surface area contributed by atoms with Gasteiger partial charge >= 0.3 is 0 Å². The summed E-state index contributed by atoms with van der Waals surface area (Å²) in [6.07, 6.45) is 0.399. The average Bonchev–Trinajstić information content (AvgIpc) is 3.27. The van der Waals surface area contributed by atoms with Crippen LogP contribution >= 0.6 is 0 Å². The maximum atomic E-state index is 15.0. The number of aliphatic hydroxyl groups is 2. The molecular weight excluding hydrogens is 489 g/mol. The highest BCUT2D eigenvalue weighted by Crippen LogP contribution is 2.47. The molecule has 1 aromatic carbocycles. The van der Waals surface area contributed by atoms with Crippen LogP contribution in [0, 0.1) is 12.7 Å². The molecule has 3 aliphatic rings. The number of aromatic nitrogens is 2. The summed E-state index contributed by atoms with van der Waals surface area (Å²) in [7, 11) is 1.65. The van der Waals surface area contributed by atoms with Crippen molar-refractivity contribution >= 4 is 22.6 Å². The Balaban J connectivity index is 1.67. The van der Waals surface area contributed by atoms with Crippen molar-refractivity contribution in [3.8, 4) is 11.4 Å². The summed E-state index contributed by atoms with van der Waals surface area (Å²) >= 11 is 0. The van der Waals surface area contributed by atoms with E-state index in [1.165, 1.54) is 17.9 Å². The number of Topliss-reactive ketones (excluding diaryl/α,β-unsaturated/α-hetero) is 1. The lowest BCUT2D eigenvalue weighted by molar-refractivity contribution is -0.140. The van der Waals surface area contributed by atoms with Gasteiger partial charge in [-0.2, -0.15) is 0 Å². The van der Waals surface area contributed by atoms with Crippen LogP contribution in [-0.4, -0.2) is 49.5 Å². The molecule has 0 spiro atoms. The van der Waals surface area contributed by atoms with Gasteiger partial charge in [0.05, 0.1) is 29.5 Å². The molecule has 0 fully saturated rings. The third kappa shape index (κ3) is 3.15. The number of rotatable bonds is 3. The number of nitrogens with zero attached hydrogens (tertiary/aromatic N) is 3. The molecule has 9 heteroatoms. The van der Waals surface area contributed by atoms with E-state index in [0.29, 0.717) is 46.4 Å². The minimum absolute atomic E-state index is 0.0997. The fourth-order valence-corrected chi connectivity index (χ4v) is 6.75. The highest BCUT2D eigenvalue weighted by molar-refractivity contribution is 5.94. The van der Waals surface area contributed by atoms with Gasteiger partial charge in [-0.05, 0) is 62.3 Å². The number of aryl methyl sites for hydroxylation is 1. The lowest BCUT2D eigenvalue weighted by Crippen LogP contribution is -2.43. The first-order valence-electron chi connectivity index (χ1n) is 13.1. The van der Waals surface area contributed by atoms with Gasteiger partial charge in [0, 0.05) is 41.6 Å². The Bertz CT molecular complexity index is 1640. The summed E-state index contributed by atoms with van der Waals surface area (Å²) in [4.78, 5) is 45.7. The molecule has 0 saturated heterocycles. The lowest BCUT2D eigenvalue weighted by Gasteiger charge is -2.35. The van der Waals surface area contributed by atoms with Crippen LogP contribution < -0.4 is 5.56 Å². The van der Waals surface area contributed by atoms with Crippen LogP contribution in [0.5, 0.6) is 0 Å². The molecular formula is C29H30FN3O5. The number of pyridine rings is 2. The van der Waals surface area contributed by atoms with E-state index in [1.54, 1.807) is 31.5 Å². The Morgan fingerprint density at radius 2 is 1.97 bits per heavy atom. The van der Waals surface area contributed by atoms with E-state index in [4.69, 9.17) is 4.98 Å². The van der Waals surface area contributed by atoms with Gasteiger partial charge in [0.15, 0.2) is 5.78 Å². The number of fused-ring (bicyclic) bond motifs is 5.